The van der Waals surface area contributed by atoms with Crippen LogP contribution in [0, 0.1) is 0 Å². The topological polar surface area (TPSA) is 52.5 Å². The zero-order valence-corrected chi connectivity index (χ0v) is 10.6. The van der Waals surface area contributed by atoms with Crippen LogP contribution in [0.2, 0.25) is 12.1 Å². The molecule has 0 aliphatic rings. The molecule has 0 saturated heterocycles. The van der Waals surface area contributed by atoms with Crippen LogP contribution in [-0.2, 0) is 0 Å². The Bertz CT molecular complexity index is 131. The molecule has 0 radical (unpaired) electrons. The van der Waals surface area contributed by atoms with Gasteiger partial charge < -0.3 is 14.9 Å². The lowest BCUT2D eigenvalue weighted by Crippen LogP contribution is -2.37. The Kier molecular flexibility index (Phi) is 8.47. The SMILES string of the molecule is CCCCCCNCC[Si](O)(O)CC. The second kappa shape index (κ2) is 8.41. The van der Waals surface area contributed by atoms with Gasteiger partial charge in [-0.25, -0.2) is 0 Å². The van der Waals surface area contributed by atoms with Crippen LogP contribution >= 0.6 is 0 Å². The molecule has 0 rings (SSSR count). The molecule has 86 valence electrons. The molecular formula is C10H25NO2Si. The number of rotatable bonds is 9. The predicted octanol–water partition coefficient (Wildman–Crippen LogP) is 1.60. The van der Waals surface area contributed by atoms with Gasteiger partial charge in [0.1, 0.15) is 0 Å². The van der Waals surface area contributed by atoms with Crippen molar-refractivity contribution < 1.29 is 9.59 Å². The second-order valence-corrected chi connectivity index (χ2v) is 7.07. The third kappa shape index (κ3) is 8.68. The number of nitrogens with one attached hydrogen (secondary N) is 1. The van der Waals surface area contributed by atoms with Gasteiger partial charge in [0.2, 0.25) is 0 Å². The molecule has 0 atom stereocenters. The maximum atomic E-state index is 9.42. The van der Waals surface area contributed by atoms with Gasteiger partial charge in [-0.2, -0.15) is 0 Å². The smallest absolute Gasteiger partial charge is 0.333 e. The van der Waals surface area contributed by atoms with Gasteiger partial charge in [-0.15, -0.1) is 0 Å². The average Bonchev–Trinajstić information content (AvgIpc) is 2.16. The van der Waals surface area contributed by atoms with Gasteiger partial charge in [-0.3, -0.25) is 0 Å². The molecule has 0 amide bonds. The van der Waals surface area contributed by atoms with E-state index in [1.54, 1.807) is 0 Å². The standard InChI is InChI=1S/C10H25NO2Si/c1-3-5-6-7-8-11-9-10-14(12,13)4-2/h11-13H,3-10H2,1-2H3. The molecule has 0 unspecified atom stereocenters. The summed E-state index contributed by atoms with van der Waals surface area (Å²) in [6, 6.07) is 1.09. The zero-order valence-electron chi connectivity index (χ0n) is 9.55. The fraction of sp³-hybridized carbons (Fsp3) is 1.00. The molecular weight excluding hydrogens is 194 g/mol. The summed E-state index contributed by atoms with van der Waals surface area (Å²) in [5.74, 6) is 0. The van der Waals surface area contributed by atoms with Crippen molar-refractivity contribution in [2.75, 3.05) is 13.1 Å². The van der Waals surface area contributed by atoms with E-state index in [0.717, 1.165) is 13.1 Å². The van der Waals surface area contributed by atoms with Crippen molar-refractivity contribution in [2.24, 2.45) is 0 Å². The van der Waals surface area contributed by atoms with E-state index in [1.165, 1.54) is 25.7 Å². The van der Waals surface area contributed by atoms with Crippen molar-refractivity contribution in [1.29, 1.82) is 0 Å². The molecule has 0 aliphatic heterocycles. The molecule has 0 saturated carbocycles. The summed E-state index contributed by atoms with van der Waals surface area (Å²) in [7, 11) is -2.82. The van der Waals surface area contributed by atoms with Gasteiger partial charge >= 0.3 is 8.56 Å². The first kappa shape index (κ1) is 14.1. The fourth-order valence-electron chi connectivity index (χ4n) is 1.27. The summed E-state index contributed by atoms with van der Waals surface area (Å²) in [5.41, 5.74) is 0. The Morgan fingerprint density at radius 2 is 1.71 bits per heavy atom. The molecule has 0 aromatic heterocycles. The van der Waals surface area contributed by atoms with Gasteiger partial charge in [-0.1, -0.05) is 33.1 Å². The van der Waals surface area contributed by atoms with E-state index in [-0.39, 0.29) is 0 Å². The minimum absolute atomic E-state index is 0.532. The van der Waals surface area contributed by atoms with Crippen molar-refractivity contribution in [3.63, 3.8) is 0 Å². The first-order valence-electron chi connectivity index (χ1n) is 5.78. The monoisotopic (exact) mass is 219 g/mol. The van der Waals surface area contributed by atoms with E-state index in [1.807, 2.05) is 6.92 Å². The lowest BCUT2D eigenvalue weighted by molar-refractivity contribution is 0.358. The Morgan fingerprint density at radius 3 is 2.29 bits per heavy atom. The first-order valence-corrected chi connectivity index (χ1v) is 8.08. The van der Waals surface area contributed by atoms with Crippen LogP contribution in [0.5, 0.6) is 0 Å². The van der Waals surface area contributed by atoms with Gasteiger partial charge in [0.15, 0.2) is 0 Å². The molecule has 0 aromatic rings. The second-order valence-electron chi connectivity index (χ2n) is 3.90. The maximum Gasteiger partial charge on any atom is 0.333 e. The summed E-state index contributed by atoms with van der Waals surface area (Å²) >= 11 is 0. The molecule has 0 bridgehead atoms. The van der Waals surface area contributed by atoms with Gasteiger partial charge in [0.25, 0.3) is 0 Å². The quantitative estimate of drug-likeness (QED) is 0.408. The Hall–Kier alpha value is 0.0969. The van der Waals surface area contributed by atoms with E-state index < -0.39 is 8.56 Å². The summed E-state index contributed by atoms with van der Waals surface area (Å²) in [5, 5.41) is 3.25. The van der Waals surface area contributed by atoms with Crippen LogP contribution in [0.3, 0.4) is 0 Å². The lowest BCUT2D eigenvalue weighted by atomic mass is 10.2. The molecule has 0 fully saturated rings. The van der Waals surface area contributed by atoms with E-state index >= 15 is 0 Å². The van der Waals surface area contributed by atoms with Crippen molar-refractivity contribution >= 4 is 8.56 Å². The summed E-state index contributed by atoms with van der Waals surface area (Å²) in [6.07, 6.45) is 5.04. The highest BCUT2D eigenvalue weighted by Crippen LogP contribution is 2.05. The Balaban J connectivity index is 3.13. The van der Waals surface area contributed by atoms with E-state index in [2.05, 4.69) is 12.2 Å². The summed E-state index contributed by atoms with van der Waals surface area (Å²) < 4.78 is 0. The third-order valence-corrected chi connectivity index (χ3v) is 4.66. The van der Waals surface area contributed by atoms with Crippen LogP contribution in [0.15, 0.2) is 0 Å². The molecule has 3 nitrogen and oxygen atoms in total. The molecule has 4 heteroatoms. The largest absolute Gasteiger partial charge is 0.411 e. The molecule has 3 N–H and O–H groups in total. The van der Waals surface area contributed by atoms with Crippen LogP contribution < -0.4 is 5.32 Å². The van der Waals surface area contributed by atoms with Crippen LogP contribution in [-0.4, -0.2) is 31.2 Å². The highest BCUT2D eigenvalue weighted by molar-refractivity contribution is 6.64. The van der Waals surface area contributed by atoms with Gasteiger partial charge in [-0.05, 0) is 25.6 Å². The number of unbranched alkanes of at least 4 members (excludes halogenated alkanes) is 3. The van der Waals surface area contributed by atoms with E-state index in [0.29, 0.717) is 12.1 Å². The Labute approximate surface area is 88.8 Å². The summed E-state index contributed by atoms with van der Waals surface area (Å²) in [4.78, 5) is 18.8. The van der Waals surface area contributed by atoms with Gasteiger partial charge in [0.05, 0.1) is 0 Å². The normalized spacial score (nSPS) is 12.0. The van der Waals surface area contributed by atoms with Crippen LogP contribution in [0.4, 0.5) is 0 Å². The highest BCUT2D eigenvalue weighted by Gasteiger charge is 2.24. The molecule has 14 heavy (non-hydrogen) atoms. The van der Waals surface area contributed by atoms with E-state index in [4.69, 9.17) is 0 Å². The number of hydrogen-bond donors (Lipinski definition) is 3. The molecule has 0 aromatic carbocycles. The zero-order chi connectivity index (χ0) is 10.9. The van der Waals surface area contributed by atoms with Crippen molar-refractivity contribution in [1.82, 2.24) is 5.32 Å². The minimum atomic E-state index is -2.82. The molecule has 0 spiro atoms. The highest BCUT2D eigenvalue weighted by atomic mass is 28.4. The molecule has 0 aliphatic carbocycles. The van der Waals surface area contributed by atoms with Crippen molar-refractivity contribution in [3.05, 3.63) is 0 Å². The minimum Gasteiger partial charge on any atom is -0.411 e. The number of hydrogen-bond acceptors (Lipinski definition) is 3. The Morgan fingerprint density at radius 1 is 1.00 bits per heavy atom. The molecule has 0 heterocycles. The third-order valence-electron chi connectivity index (χ3n) is 2.48. The predicted molar refractivity (Wildman–Crippen MR) is 62.5 cm³/mol. The fourth-order valence-corrected chi connectivity index (χ4v) is 2.20. The van der Waals surface area contributed by atoms with Crippen LogP contribution in [0.25, 0.3) is 0 Å². The summed E-state index contributed by atoms with van der Waals surface area (Å²) in [6.45, 7) is 5.80. The van der Waals surface area contributed by atoms with Crippen molar-refractivity contribution in [3.8, 4) is 0 Å². The lowest BCUT2D eigenvalue weighted by Gasteiger charge is -2.15. The van der Waals surface area contributed by atoms with Crippen molar-refractivity contribution in [2.45, 2.75) is 51.6 Å². The van der Waals surface area contributed by atoms with Crippen LogP contribution in [0.1, 0.15) is 39.5 Å². The van der Waals surface area contributed by atoms with Gasteiger partial charge in [0, 0.05) is 6.04 Å². The first-order chi connectivity index (χ1) is 6.62. The maximum absolute atomic E-state index is 9.42. The van der Waals surface area contributed by atoms with E-state index in [9.17, 15) is 9.59 Å². The average molecular weight is 219 g/mol.